The van der Waals surface area contributed by atoms with Crippen LogP contribution in [0.15, 0.2) is 24.3 Å². The molecular formula is C14H23ClN2O2. The number of nitrogens with two attached hydrogens (primary N) is 1. The molecule has 0 saturated carbocycles. The van der Waals surface area contributed by atoms with Crippen LogP contribution in [-0.4, -0.2) is 25.1 Å². The van der Waals surface area contributed by atoms with Crippen molar-refractivity contribution in [1.82, 2.24) is 5.32 Å². The van der Waals surface area contributed by atoms with Crippen LogP contribution in [0.2, 0.25) is 0 Å². The normalized spacial score (nSPS) is 10.5. The van der Waals surface area contributed by atoms with Crippen molar-refractivity contribution < 1.29 is 9.53 Å². The number of hydrogen-bond acceptors (Lipinski definition) is 3. The average molecular weight is 287 g/mol. The highest BCUT2D eigenvalue weighted by Crippen LogP contribution is 2.18. The third-order valence-electron chi connectivity index (χ3n) is 2.80. The summed E-state index contributed by atoms with van der Waals surface area (Å²) in [6.07, 6.45) is 1.10. The minimum atomic E-state index is -0.349. The van der Waals surface area contributed by atoms with Gasteiger partial charge in [-0.3, -0.25) is 4.79 Å². The van der Waals surface area contributed by atoms with Crippen LogP contribution in [0.3, 0.4) is 0 Å². The Morgan fingerprint density at radius 3 is 2.58 bits per heavy atom. The fraction of sp³-hybridized carbons (Fsp3) is 0.500. The largest absolute Gasteiger partial charge is 0.496 e. The quantitative estimate of drug-likeness (QED) is 0.839. The molecule has 0 aromatic heterocycles. The van der Waals surface area contributed by atoms with Gasteiger partial charge in [-0.15, -0.1) is 12.4 Å². The average Bonchev–Trinajstić information content (AvgIpc) is 2.36. The standard InChI is InChI=1S/C14H22N2O2.ClH/c1-14(2,10-15)16-13(17)9-8-11-6-4-5-7-12(11)18-3;/h4-7H,8-10,15H2,1-3H3,(H,16,17);1H. The molecule has 0 atom stereocenters. The minimum absolute atomic E-state index is 0. The number of carbonyl (C=O) groups is 1. The summed E-state index contributed by atoms with van der Waals surface area (Å²) in [4.78, 5) is 11.8. The van der Waals surface area contributed by atoms with Crippen molar-refractivity contribution in [1.29, 1.82) is 0 Å². The molecule has 0 saturated heterocycles. The maximum atomic E-state index is 11.8. The molecule has 0 aliphatic rings. The fourth-order valence-corrected chi connectivity index (χ4v) is 1.65. The number of carbonyl (C=O) groups excluding carboxylic acids is 1. The lowest BCUT2D eigenvalue weighted by Gasteiger charge is -2.24. The first-order valence-corrected chi connectivity index (χ1v) is 6.11. The van der Waals surface area contributed by atoms with E-state index < -0.39 is 0 Å². The molecule has 0 aliphatic heterocycles. The summed E-state index contributed by atoms with van der Waals surface area (Å²) in [5, 5.41) is 2.91. The van der Waals surface area contributed by atoms with E-state index in [1.54, 1.807) is 7.11 Å². The molecule has 5 heteroatoms. The van der Waals surface area contributed by atoms with E-state index in [0.717, 1.165) is 11.3 Å². The molecule has 0 spiro atoms. The summed E-state index contributed by atoms with van der Waals surface area (Å²) in [6, 6.07) is 7.73. The second-order valence-corrected chi connectivity index (χ2v) is 4.95. The van der Waals surface area contributed by atoms with Crippen LogP contribution in [0, 0.1) is 0 Å². The van der Waals surface area contributed by atoms with E-state index in [0.29, 0.717) is 19.4 Å². The second kappa shape index (κ2) is 8.02. The Morgan fingerprint density at radius 2 is 2.00 bits per heavy atom. The van der Waals surface area contributed by atoms with Crippen molar-refractivity contribution >= 4 is 18.3 Å². The van der Waals surface area contributed by atoms with Gasteiger partial charge < -0.3 is 15.8 Å². The van der Waals surface area contributed by atoms with Crippen molar-refractivity contribution in [3.05, 3.63) is 29.8 Å². The first-order valence-electron chi connectivity index (χ1n) is 6.11. The van der Waals surface area contributed by atoms with E-state index in [4.69, 9.17) is 10.5 Å². The van der Waals surface area contributed by atoms with Gasteiger partial charge >= 0.3 is 0 Å². The third kappa shape index (κ3) is 5.94. The molecular weight excluding hydrogens is 264 g/mol. The second-order valence-electron chi connectivity index (χ2n) is 4.95. The van der Waals surface area contributed by atoms with Crippen LogP contribution < -0.4 is 15.8 Å². The number of para-hydroxylation sites is 1. The number of halogens is 1. The van der Waals surface area contributed by atoms with Crippen LogP contribution in [0.25, 0.3) is 0 Å². The molecule has 108 valence electrons. The number of nitrogens with one attached hydrogen (secondary N) is 1. The molecule has 0 unspecified atom stereocenters. The van der Waals surface area contributed by atoms with Crippen LogP contribution >= 0.6 is 12.4 Å². The Bertz CT molecular complexity index is 408. The van der Waals surface area contributed by atoms with Gasteiger partial charge in [-0.25, -0.2) is 0 Å². The maximum absolute atomic E-state index is 11.8. The highest BCUT2D eigenvalue weighted by atomic mass is 35.5. The Morgan fingerprint density at radius 1 is 1.37 bits per heavy atom. The zero-order valence-corrected chi connectivity index (χ0v) is 12.5. The summed E-state index contributed by atoms with van der Waals surface area (Å²) < 4.78 is 5.25. The molecule has 0 radical (unpaired) electrons. The topological polar surface area (TPSA) is 64.3 Å². The Hall–Kier alpha value is -1.26. The molecule has 1 aromatic carbocycles. The zero-order valence-electron chi connectivity index (χ0n) is 11.7. The summed E-state index contributed by atoms with van der Waals surface area (Å²) in [7, 11) is 1.64. The van der Waals surface area contributed by atoms with E-state index in [2.05, 4.69) is 5.32 Å². The predicted octanol–water partition coefficient (Wildman–Crippen LogP) is 1.90. The van der Waals surface area contributed by atoms with Crippen LogP contribution in [0.4, 0.5) is 0 Å². The van der Waals surface area contributed by atoms with Crippen LogP contribution in [0.1, 0.15) is 25.8 Å². The molecule has 3 N–H and O–H groups in total. The molecule has 1 rings (SSSR count). The van der Waals surface area contributed by atoms with Gasteiger partial charge in [-0.2, -0.15) is 0 Å². The van der Waals surface area contributed by atoms with Crippen LogP contribution in [-0.2, 0) is 11.2 Å². The Labute approximate surface area is 121 Å². The van der Waals surface area contributed by atoms with E-state index >= 15 is 0 Å². The fourth-order valence-electron chi connectivity index (χ4n) is 1.65. The van der Waals surface area contributed by atoms with Gasteiger partial charge in [0.1, 0.15) is 5.75 Å². The zero-order chi connectivity index (χ0) is 13.6. The van der Waals surface area contributed by atoms with E-state index in [9.17, 15) is 4.79 Å². The third-order valence-corrected chi connectivity index (χ3v) is 2.80. The van der Waals surface area contributed by atoms with Crippen molar-refractivity contribution in [2.45, 2.75) is 32.2 Å². The number of methoxy groups -OCH3 is 1. The molecule has 1 aromatic rings. The van der Waals surface area contributed by atoms with Crippen molar-refractivity contribution in [2.24, 2.45) is 5.73 Å². The predicted molar refractivity (Wildman–Crippen MR) is 79.8 cm³/mol. The molecule has 0 bridgehead atoms. The Kier molecular flexibility index (Phi) is 7.49. The first kappa shape index (κ1) is 17.7. The summed E-state index contributed by atoms with van der Waals surface area (Å²) in [5.74, 6) is 0.833. The van der Waals surface area contributed by atoms with Gasteiger partial charge in [0.2, 0.25) is 5.91 Å². The molecule has 19 heavy (non-hydrogen) atoms. The summed E-state index contributed by atoms with van der Waals surface area (Å²) in [5.41, 5.74) is 6.27. The highest BCUT2D eigenvalue weighted by Gasteiger charge is 2.18. The van der Waals surface area contributed by atoms with Crippen molar-refractivity contribution in [3.63, 3.8) is 0 Å². The molecule has 4 nitrogen and oxygen atoms in total. The van der Waals surface area contributed by atoms with Gasteiger partial charge in [0.25, 0.3) is 0 Å². The lowest BCUT2D eigenvalue weighted by molar-refractivity contribution is -0.122. The molecule has 1 amide bonds. The smallest absolute Gasteiger partial charge is 0.220 e. The molecule has 0 fully saturated rings. The lowest BCUT2D eigenvalue weighted by atomic mass is 10.0. The van der Waals surface area contributed by atoms with Gasteiger partial charge in [0.05, 0.1) is 7.11 Å². The lowest BCUT2D eigenvalue weighted by Crippen LogP contribution is -2.48. The number of benzene rings is 1. The van der Waals surface area contributed by atoms with Gasteiger partial charge in [-0.05, 0) is 31.9 Å². The number of aryl methyl sites for hydroxylation is 1. The first-order chi connectivity index (χ1) is 8.48. The Balaban J connectivity index is 0.00000324. The maximum Gasteiger partial charge on any atom is 0.220 e. The highest BCUT2D eigenvalue weighted by molar-refractivity contribution is 5.85. The van der Waals surface area contributed by atoms with Gasteiger partial charge in [0.15, 0.2) is 0 Å². The van der Waals surface area contributed by atoms with E-state index in [-0.39, 0.29) is 23.9 Å². The number of hydrogen-bond donors (Lipinski definition) is 2. The molecule has 0 heterocycles. The van der Waals surface area contributed by atoms with Gasteiger partial charge in [-0.1, -0.05) is 18.2 Å². The van der Waals surface area contributed by atoms with Crippen molar-refractivity contribution in [2.75, 3.05) is 13.7 Å². The van der Waals surface area contributed by atoms with E-state index in [1.807, 2.05) is 38.1 Å². The number of rotatable bonds is 6. The van der Waals surface area contributed by atoms with Crippen molar-refractivity contribution in [3.8, 4) is 5.75 Å². The summed E-state index contributed by atoms with van der Waals surface area (Å²) >= 11 is 0. The number of amides is 1. The van der Waals surface area contributed by atoms with Crippen LogP contribution in [0.5, 0.6) is 5.75 Å². The minimum Gasteiger partial charge on any atom is -0.496 e. The monoisotopic (exact) mass is 286 g/mol. The van der Waals surface area contributed by atoms with Gasteiger partial charge in [0, 0.05) is 18.5 Å². The SMILES string of the molecule is COc1ccccc1CCC(=O)NC(C)(C)CN.Cl. The van der Waals surface area contributed by atoms with E-state index in [1.165, 1.54) is 0 Å². The number of ether oxygens (including phenoxy) is 1. The molecule has 0 aliphatic carbocycles. The summed E-state index contributed by atoms with van der Waals surface area (Å²) in [6.45, 7) is 4.25.